The van der Waals surface area contributed by atoms with E-state index in [4.69, 9.17) is 9.47 Å². The number of hydrogen-bond donors (Lipinski definition) is 1. The Morgan fingerprint density at radius 1 is 1.21 bits per heavy atom. The summed E-state index contributed by atoms with van der Waals surface area (Å²) in [4.78, 5) is 41.4. The number of carbonyl (C=O) groups excluding carboxylic acids is 1. The lowest BCUT2D eigenvalue weighted by Crippen LogP contribution is -2.40. The Balaban J connectivity index is 1.55. The molecular weight excluding hydrogens is 498 g/mol. The van der Waals surface area contributed by atoms with E-state index in [1.807, 2.05) is 18.7 Å². The minimum atomic E-state index is -2.57. The van der Waals surface area contributed by atoms with Gasteiger partial charge in [0, 0.05) is 44.6 Å². The van der Waals surface area contributed by atoms with Crippen molar-refractivity contribution in [2.75, 3.05) is 33.4 Å². The van der Waals surface area contributed by atoms with E-state index in [0.717, 1.165) is 0 Å². The summed E-state index contributed by atoms with van der Waals surface area (Å²) in [5.74, 6) is -2.00. The van der Waals surface area contributed by atoms with Crippen molar-refractivity contribution in [1.82, 2.24) is 29.7 Å². The molecule has 10 nitrogen and oxygen atoms in total. The zero-order valence-electron chi connectivity index (χ0n) is 21.7. The molecule has 1 amide bonds. The average molecular weight is 531 g/mol. The molecule has 1 fully saturated rings. The second-order valence-corrected chi connectivity index (χ2v) is 9.56. The van der Waals surface area contributed by atoms with Crippen LogP contribution < -0.4 is 20.3 Å². The van der Waals surface area contributed by atoms with Crippen LogP contribution in [-0.4, -0.2) is 75.6 Å². The highest BCUT2D eigenvalue weighted by atomic mass is 19.3. The van der Waals surface area contributed by atoms with Gasteiger partial charge in [0.2, 0.25) is 11.8 Å². The number of methoxy groups -OCH3 is 1. The van der Waals surface area contributed by atoms with E-state index in [0.29, 0.717) is 50.0 Å². The van der Waals surface area contributed by atoms with Gasteiger partial charge in [-0.15, -0.1) is 0 Å². The van der Waals surface area contributed by atoms with Crippen LogP contribution in [0.3, 0.4) is 0 Å². The molecule has 0 atom stereocenters. The summed E-state index contributed by atoms with van der Waals surface area (Å²) in [5.41, 5.74) is 0.0933. The molecule has 0 unspecified atom stereocenters. The third kappa shape index (κ3) is 6.80. The third-order valence-corrected chi connectivity index (χ3v) is 6.17. The van der Waals surface area contributed by atoms with Gasteiger partial charge in [-0.1, -0.05) is 6.07 Å². The van der Waals surface area contributed by atoms with Crippen molar-refractivity contribution in [1.29, 1.82) is 0 Å². The summed E-state index contributed by atoms with van der Waals surface area (Å²) in [6.45, 7) is 5.12. The number of halogens is 2. The second kappa shape index (κ2) is 11.8. The summed E-state index contributed by atoms with van der Waals surface area (Å²) in [7, 11) is 1.48. The lowest BCUT2D eigenvalue weighted by atomic mass is 10.1. The fourth-order valence-corrected chi connectivity index (χ4v) is 4.25. The molecule has 0 saturated carbocycles. The number of nitrogens with zero attached hydrogens (tertiary/aromatic N) is 5. The Hall–Kier alpha value is -3.67. The Bertz CT molecular complexity index is 1340. The van der Waals surface area contributed by atoms with Crippen LogP contribution in [0, 0.1) is 0 Å². The molecule has 1 N–H and O–H groups in total. The van der Waals surface area contributed by atoms with Crippen LogP contribution in [0.5, 0.6) is 11.6 Å². The number of fused-ring (bicyclic) bond motifs is 1. The number of alkyl halides is 2. The van der Waals surface area contributed by atoms with E-state index in [9.17, 15) is 18.4 Å². The molecule has 1 saturated heterocycles. The van der Waals surface area contributed by atoms with Crippen LogP contribution in [0.2, 0.25) is 0 Å². The lowest BCUT2D eigenvalue weighted by Gasteiger charge is -2.31. The first-order valence-corrected chi connectivity index (χ1v) is 12.6. The molecule has 1 aliphatic rings. The van der Waals surface area contributed by atoms with Crippen LogP contribution in [-0.2, 0) is 11.3 Å². The highest BCUT2D eigenvalue weighted by molar-refractivity contribution is 5.80. The van der Waals surface area contributed by atoms with E-state index in [1.54, 1.807) is 24.3 Å². The molecule has 0 spiro atoms. The second-order valence-electron chi connectivity index (χ2n) is 9.56. The minimum absolute atomic E-state index is 0.104. The van der Waals surface area contributed by atoms with Gasteiger partial charge in [0.1, 0.15) is 18.0 Å². The SMILES string of the molecule is COc1cccc(-c2nc3ncc(OCCCN4CCC(F)(F)CC4)cc3c(=O)n2CC(=O)NC(C)C)n1. The Kier molecular flexibility index (Phi) is 8.50. The fourth-order valence-electron chi connectivity index (χ4n) is 4.25. The fraction of sp³-hybridized carbons (Fsp3) is 0.500. The van der Waals surface area contributed by atoms with Crippen LogP contribution >= 0.6 is 0 Å². The standard InChI is InChI=1S/C26H32F2N6O4/c1-17(2)30-21(35)16-34-24(20-6-4-7-22(31-20)37-3)32-23-19(25(34)36)14-18(15-29-23)38-13-5-10-33-11-8-26(27,28)9-12-33/h4,6-7,14-15,17H,5,8-13,16H2,1-3H3,(H,30,35). The average Bonchev–Trinajstić information content (AvgIpc) is 2.88. The predicted molar refractivity (Wildman–Crippen MR) is 138 cm³/mol. The molecule has 3 aromatic rings. The third-order valence-electron chi connectivity index (χ3n) is 6.17. The van der Waals surface area contributed by atoms with Crippen molar-refractivity contribution >= 4 is 16.9 Å². The molecule has 4 heterocycles. The van der Waals surface area contributed by atoms with E-state index in [-0.39, 0.29) is 48.2 Å². The van der Waals surface area contributed by atoms with Crippen LogP contribution in [0.15, 0.2) is 35.3 Å². The number of likely N-dealkylation sites (tertiary alicyclic amines) is 1. The van der Waals surface area contributed by atoms with E-state index in [1.165, 1.54) is 17.9 Å². The zero-order chi connectivity index (χ0) is 27.3. The molecule has 12 heteroatoms. The molecule has 0 bridgehead atoms. The van der Waals surface area contributed by atoms with Gasteiger partial charge in [0.05, 0.1) is 25.3 Å². The van der Waals surface area contributed by atoms with Crippen LogP contribution in [0.25, 0.3) is 22.6 Å². The van der Waals surface area contributed by atoms with Gasteiger partial charge < -0.3 is 19.7 Å². The van der Waals surface area contributed by atoms with E-state index >= 15 is 0 Å². The molecule has 0 aliphatic carbocycles. The first-order valence-electron chi connectivity index (χ1n) is 12.6. The van der Waals surface area contributed by atoms with Gasteiger partial charge in [-0.3, -0.25) is 14.2 Å². The Labute approximate surface area is 219 Å². The molecule has 4 rings (SSSR count). The largest absolute Gasteiger partial charge is 0.492 e. The quantitative estimate of drug-likeness (QED) is 0.399. The number of piperidine rings is 1. The van der Waals surface area contributed by atoms with Crippen molar-refractivity contribution in [3.8, 4) is 23.1 Å². The Morgan fingerprint density at radius 2 is 1.97 bits per heavy atom. The molecular formula is C26H32F2N6O4. The number of rotatable bonds is 10. The molecule has 204 valence electrons. The van der Waals surface area contributed by atoms with Crippen molar-refractivity contribution in [3.05, 3.63) is 40.8 Å². The van der Waals surface area contributed by atoms with E-state index < -0.39 is 11.5 Å². The zero-order valence-corrected chi connectivity index (χ0v) is 21.7. The van der Waals surface area contributed by atoms with Gasteiger partial charge >= 0.3 is 0 Å². The van der Waals surface area contributed by atoms with Crippen molar-refractivity contribution in [3.63, 3.8) is 0 Å². The van der Waals surface area contributed by atoms with Gasteiger partial charge in [-0.2, -0.15) is 0 Å². The molecule has 3 aromatic heterocycles. The predicted octanol–water partition coefficient (Wildman–Crippen LogP) is 2.89. The van der Waals surface area contributed by atoms with Gasteiger partial charge in [0.15, 0.2) is 11.5 Å². The normalized spacial score (nSPS) is 15.5. The molecule has 38 heavy (non-hydrogen) atoms. The summed E-state index contributed by atoms with van der Waals surface area (Å²) < 4.78 is 38.9. The number of amides is 1. The maximum absolute atomic E-state index is 13.6. The number of aromatic nitrogens is 4. The van der Waals surface area contributed by atoms with Crippen LogP contribution in [0.1, 0.15) is 33.1 Å². The van der Waals surface area contributed by atoms with Gasteiger partial charge in [-0.05, 0) is 32.4 Å². The highest BCUT2D eigenvalue weighted by Crippen LogP contribution is 2.27. The van der Waals surface area contributed by atoms with Crippen molar-refractivity contribution in [2.45, 2.75) is 51.6 Å². The van der Waals surface area contributed by atoms with Crippen molar-refractivity contribution < 1.29 is 23.0 Å². The number of nitrogens with one attached hydrogen (secondary N) is 1. The number of hydrogen-bond acceptors (Lipinski definition) is 8. The molecule has 0 radical (unpaired) electrons. The van der Waals surface area contributed by atoms with Gasteiger partial charge in [-0.25, -0.2) is 23.7 Å². The maximum Gasteiger partial charge on any atom is 0.263 e. The summed E-state index contributed by atoms with van der Waals surface area (Å²) >= 11 is 0. The minimum Gasteiger partial charge on any atom is -0.492 e. The van der Waals surface area contributed by atoms with Crippen LogP contribution in [0.4, 0.5) is 8.78 Å². The first kappa shape index (κ1) is 27.4. The van der Waals surface area contributed by atoms with Crippen molar-refractivity contribution in [2.24, 2.45) is 0 Å². The van der Waals surface area contributed by atoms with Gasteiger partial charge in [0.25, 0.3) is 11.5 Å². The summed E-state index contributed by atoms with van der Waals surface area (Å²) in [6.07, 6.45) is 1.88. The number of ether oxygens (including phenoxy) is 2. The monoisotopic (exact) mass is 530 g/mol. The smallest absolute Gasteiger partial charge is 0.263 e. The number of pyridine rings is 2. The Morgan fingerprint density at radius 3 is 2.68 bits per heavy atom. The highest BCUT2D eigenvalue weighted by Gasteiger charge is 2.33. The summed E-state index contributed by atoms with van der Waals surface area (Å²) in [5, 5.41) is 2.99. The lowest BCUT2D eigenvalue weighted by molar-refractivity contribution is -0.122. The molecule has 1 aliphatic heterocycles. The topological polar surface area (TPSA) is 111 Å². The maximum atomic E-state index is 13.6. The van der Waals surface area contributed by atoms with E-state index in [2.05, 4.69) is 20.3 Å². The molecule has 0 aromatic carbocycles. The first-order chi connectivity index (χ1) is 18.1. The number of carbonyl (C=O) groups is 1. The summed E-state index contributed by atoms with van der Waals surface area (Å²) in [6, 6.07) is 6.51.